The van der Waals surface area contributed by atoms with Crippen molar-refractivity contribution in [3.05, 3.63) is 51.5 Å². The first-order valence-electron chi connectivity index (χ1n) is 5.74. The number of nitrogens with one attached hydrogen (secondary N) is 1. The zero-order valence-corrected chi connectivity index (χ0v) is 12.1. The van der Waals surface area contributed by atoms with Crippen LogP contribution in [0.1, 0.15) is 15.9 Å². The summed E-state index contributed by atoms with van der Waals surface area (Å²) in [4.78, 5) is 12.2. The van der Waals surface area contributed by atoms with E-state index in [4.69, 9.17) is 28.9 Å². The number of hydrogen-bond donors (Lipinski definition) is 3. The summed E-state index contributed by atoms with van der Waals surface area (Å²) in [6.45, 7) is 1.76. The van der Waals surface area contributed by atoms with Crippen LogP contribution in [0.4, 0.5) is 11.4 Å². The number of carbonyl (C=O) groups excluding carboxylic acids is 1. The molecule has 2 rings (SSSR count). The van der Waals surface area contributed by atoms with Crippen LogP contribution in [0.3, 0.4) is 0 Å². The molecule has 0 saturated carbocycles. The zero-order valence-electron chi connectivity index (χ0n) is 10.6. The molecule has 0 aliphatic rings. The van der Waals surface area contributed by atoms with E-state index in [0.29, 0.717) is 22.5 Å². The van der Waals surface area contributed by atoms with Crippen LogP contribution in [0.2, 0.25) is 10.0 Å². The molecule has 0 fully saturated rings. The molecular formula is C14H12Cl2N2O2. The van der Waals surface area contributed by atoms with Gasteiger partial charge >= 0.3 is 0 Å². The maximum atomic E-state index is 12.2. The monoisotopic (exact) mass is 310 g/mol. The van der Waals surface area contributed by atoms with Crippen LogP contribution in [0, 0.1) is 6.92 Å². The highest BCUT2D eigenvalue weighted by Crippen LogP contribution is 2.34. The van der Waals surface area contributed by atoms with Crippen molar-refractivity contribution in [3.8, 4) is 5.75 Å². The summed E-state index contributed by atoms with van der Waals surface area (Å²) in [6.07, 6.45) is 0. The second-order valence-corrected chi connectivity index (χ2v) is 5.08. The van der Waals surface area contributed by atoms with E-state index in [0.717, 1.165) is 0 Å². The summed E-state index contributed by atoms with van der Waals surface area (Å²) >= 11 is 11.6. The van der Waals surface area contributed by atoms with Crippen molar-refractivity contribution in [1.82, 2.24) is 0 Å². The Morgan fingerprint density at radius 3 is 2.45 bits per heavy atom. The maximum absolute atomic E-state index is 12.2. The Hall–Kier alpha value is -1.91. The first-order valence-corrected chi connectivity index (χ1v) is 6.50. The van der Waals surface area contributed by atoms with Crippen LogP contribution in [-0.4, -0.2) is 11.0 Å². The number of carbonyl (C=O) groups is 1. The van der Waals surface area contributed by atoms with Crippen LogP contribution in [0.25, 0.3) is 0 Å². The van der Waals surface area contributed by atoms with Crippen LogP contribution < -0.4 is 11.1 Å². The molecule has 0 radical (unpaired) electrons. The number of nitrogens with two attached hydrogens (primary N) is 1. The number of benzene rings is 2. The third-order valence-electron chi connectivity index (χ3n) is 2.90. The number of amides is 1. The molecule has 2 aromatic carbocycles. The summed E-state index contributed by atoms with van der Waals surface area (Å²) in [5.41, 5.74) is 7.86. The van der Waals surface area contributed by atoms with Gasteiger partial charge in [-0.15, -0.1) is 0 Å². The summed E-state index contributed by atoms with van der Waals surface area (Å²) in [6, 6.07) is 7.93. The van der Waals surface area contributed by atoms with E-state index < -0.39 is 0 Å². The molecule has 0 aromatic heterocycles. The molecular weight excluding hydrogens is 299 g/mol. The van der Waals surface area contributed by atoms with Gasteiger partial charge < -0.3 is 16.2 Å². The quantitative estimate of drug-likeness (QED) is 0.582. The molecule has 0 atom stereocenters. The summed E-state index contributed by atoms with van der Waals surface area (Å²) in [5.74, 6) is -0.543. The number of phenolic OH excluding ortho intramolecular Hbond substituents is 1. The molecule has 0 heterocycles. The highest BCUT2D eigenvalue weighted by atomic mass is 35.5. The smallest absolute Gasteiger partial charge is 0.256 e. The number of halogens is 2. The van der Waals surface area contributed by atoms with Crippen LogP contribution in [-0.2, 0) is 0 Å². The van der Waals surface area contributed by atoms with E-state index in [-0.39, 0.29) is 21.7 Å². The van der Waals surface area contributed by atoms with Gasteiger partial charge in [-0.05, 0) is 36.8 Å². The van der Waals surface area contributed by atoms with Gasteiger partial charge in [0.05, 0.1) is 10.0 Å². The first-order chi connectivity index (χ1) is 9.40. The summed E-state index contributed by atoms with van der Waals surface area (Å²) in [7, 11) is 0. The van der Waals surface area contributed by atoms with Gasteiger partial charge in [0.25, 0.3) is 5.91 Å². The number of aromatic hydroxyl groups is 1. The minimum absolute atomic E-state index is 0.0668. The normalized spacial score (nSPS) is 10.3. The molecule has 4 N–H and O–H groups in total. The zero-order chi connectivity index (χ0) is 14.9. The van der Waals surface area contributed by atoms with Crippen LogP contribution in [0.5, 0.6) is 5.75 Å². The molecule has 0 aliphatic carbocycles. The van der Waals surface area contributed by atoms with Gasteiger partial charge in [-0.1, -0.05) is 29.3 Å². The Morgan fingerprint density at radius 2 is 1.85 bits per heavy atom. The van der Waals surface area contributed by atoms with Gasteiger partial charge in [0.1, 0.15) is 0 Å². The largest absolute Gasteiger partial charge is 0.505 e. The maximum Gasteiger partial charge on any atom is 0.256 e. The van der Waals surface area contributed by atoms with Crippen LogP contribution >= 0.6 is 23.2 Å². The number of phenols is 1. The fourth-order valence-corrected chi connectivity index (χ4v) is 2.22. The van der Waals surface area contributed by atoms with Gasteiger partial charge in [-0.2, -0.15) is 0 Å². The average molecular weight is 311 g/mol. The molecule has 0 unspecified atom stereocenters. The van der Waals surface area contributed by atoms with Crippen molar-refractivity contribution < 1.29 is 9.90 Å². The van der Waals surface area contributed by atoms with Crippen molar-refractivity contribution in [2.45, 2.75) is 6.92 Å². The molecule has 2 aromatic rings. The Bertz CT molecular complexity index is 664. The second-order valence-electron chi connectivity index (χ2n) is 4.26. The molecule has 6 heteroatoms. The lowest BCUT2D eigenvalue weighted by Crippen LogP contribution is -2.14. The lowest BCUT2D eigenvalue weighted by Gasteiger charge is -2.10. The lowest BCUT2D eigenvalue weighted by molar-refractivity contribution is 0.102. The predicted molar refractivity (Wildman–Crippen MR) is 81.7 cm³/mol. The third-order valence-corrected chi connectivity index (χ3v) is 3.47. The average Bonchev–Trinajstić information content (AvgIpc) is 2.39. The Balaban J connectivity index is 2.30. The highest BCUT2D eigenvalue weighted by Gasteiger charge is 2.13. The minimum Gasteiger partial charge on any atom is -0.505 e. The topological polar surface area (TPSA) is 75.4 Å². The van der Waals surface area contributed by atoms with E-state index in [9.17, 15) is 9.90 Å². The van der Waals surface area contributed by atoms with Gasteiger partial charge in [0.2, 0.25) is 0 Å². The highest BCUT2D eigenvalue weighted by molar-refractivity contribution is 6.37. The van der Waals surface area contributed by atoms with E-state index in [1.165, 1.54) is 12.1 Å². The van der Waals surface area contributed by atoms with Gasteiger partial charge in [0.15, 0.2) is 5.75 Å². The van der Waals surface area contributed by atoms with Crippen molar-refractivity contribution in [3.63, 3.8) is 0 Å². The summed E-state index contributed by atoms with van der Waals surface area (Å²) < 4.78 is 0. The number of anilines is 2. The Morgan fingerprint density at radius 1 is 1.25 bits per heavy atom. The molecule has 0 saturated heterocycles. The number of nitrogen functional groups attached to an aromatic ring is 1. The van der Waals surface area contributed by atoms with Crippen molar-refractivity contribution in [1.29, 1.82) is 0 Å². The number of hydrogen-bond acceptors (Lipinski definition) is 3. The fraction of sp³-hybridized carbons (Fsp3) is 0.0714. The molecule has 0 bridgehead atoms. The predicted octanol–water partition coefficient (Wildman–Crippen LogP) is 3.84. The summed E-state index contributed by atoms with van der Waals surface area (Å²) in [5, 5.41) is 12.3. The van der Waals surface area contributed by atoms with E-state index >= 15 is 0 Å². The fourth-order valence-electron chi connectivity index (χ4n) is 1.74. The van der Waals surface area contributed by atoms with Gasteiger partial charge in [-0.3, -0.25) is 4.79 Å². The molecule has 1 amide bonds. The van der Waals surface area contributed by atoms with Gasteiger partial charge in [-0.25, -0.2) is 0 Å². The van der Waals surface area contributed by atoms with E-state index in [1.807, 2.05) is 0 Å². The molecule has 0 aliphatic heterocycles. The molecule has 20 heavy (non-hydrogen) atoms. The van der Waals surface area contributed by atoms with E-state index in [2.05, 4.69) is 5.32 Å². The van der Waals surface area contributed by atoms with Gasteiger partial charge in [0, 0.05) is 16.9 Å². The minimum atomic E-state index is -0.326. The standard InChI is InChI=1S/C14H12Cl2N2O2/c1-7-9(3-2-4-12(7)17)14(20)18-8-5-10(15)13(19)11(16)6-8/h2-6,19H,17H2,1H3,(H,18,20). The van der Waals surface area contributed by atoms with Crippen molar-refractivity contribution >= 4 is 40.5 Å². The van der Waals surface area contributed by atoms with E-state index in [1.54, 1.807) is 25.1 Å². The van der Waals surface area contributed by atoms with Crippen molar-refractivity contribution in [2.24, 2.45) is 0 Å². The number of rotatable bonds is 2. The Kier molecular flexibility index (Phi) is 4.06. The SMILES string of the molecule is Cc1c(N)cccc1C(=O)Nc1cc(Cl)c(O)c(Cl)c1. The Labute approximate surface area is 126 Å². The second kappa shape index (κ2) is 5.61. The third kappa shape index (κ3) is 2.81. The van der Waals surface area contributed by atoms with Crippen LogP contribution in [0.15, 0.2) is 30.3 Å². The molecule has 4 nitrogen and oxygen atoms in total. The van der Waals surface area contributed by atoms with Crippen molar-refractivity contribution in [2.75, 3.05) is 11.1 Å². The molecule has 104 valence electrons. The lowest BCUT2D eigenvalue weighted by atomic mass is 10.1. The molecule has 0 spiro atoms. The first kappa shape index (κ1) is 14.5.